The van der Waals surface area contributed by atoms with Crippen LogP contribution in [0.25, 0.3) is 0 Å². The van der Waals surface area contributed by atoms with E-state index in [1.54, 1.807) is 0 Å². The highest BCUT2D eigenvalue weighted by Crippen LogP contribution is 2.36. The first-order chi connectivity index (χ1) is 11.4. The molecule has 1 aliphatic carbocycles. The molecule has 1 aliphatic rings. The van der Waals surface area contributed by atoms with Crippen molar-refractivity contribution >= 4 is 11.9 Å². The van der Waals surface area contributed by atoms with E-state index in [-0.39, 0.29) is 17.1 Å². The molecule has 1 fully saturated rings. The van der Waals surface area contributed by atoms with Crippen LogP contribution in [0.3, 0.4) is 0 Å². The van der Waals surface area contributed by atoms with Gasteiger partial charge in [-0.1, -0.05) is 19.3 Å². The Labute approximate surface area is 140 Å². The van der Waals surface area contributed by atoms with Crippen molar-refractivity contribution in [2.24, 2.45) is 0 Å². The third-order valence-corrected chi connectivity index (χ3v) is 4.73. The zero-order chi connectivity index (χ0) is 17.9. The molecule has 0 atom stereocenters. The van der Waals surface area contributed by atoms with Crippen LogP contribution >= 0.6 is 0 Å². The summed E-state index contributed by atoms with van der Waals surface area (Å²) >= 11 is 0. The summed E-state index contributed by atoms with van der Waals surface area (Å²) in [6, 6.07) is 2.31. The van der Waals surface area contributed by atoms with E-state index >= 15 is 0 Å². The van der Waals surface area contributed by atoms with Crippen LogP contribution in [0.2, 0.25) is 0 Å². The predicted octanol–water partition coefficient (Wildman–Crippen LogP) is 2.70. The minimum Gasteiger partial charge on any atom is -0.493 e. The minimum absolute atomic E-state index is 0.166. The van der Waals surface area contributed by atoms with Crippen LogP contribution in [0.1, 0.15) is 42.5 Å². The number of carbonyl (C=O) groups excluding carboxylic acids is 1. The average Bonchev–Trinajstić information content (AvgIpc) is 2.60. The van der Waals surface area contributed by atoms with Crippen LogP contribution in [0, 0.1) is 5.82 Å². The van der Waals surface area contributed by atoms with Crippen molar-refractivity contribution in [2.45, 2.75) is 37.6 Å². The molecule has 2 rings (SSSR count). The third-order valence-electron chi connectivity index (χ3n) is 4.73. The second kappa shape index (κ2) is 7.07. The maximum atomic E-state index is 14.3. The second-order valence-corrected chi connectivity index (χ2v) is 5.95. The molecule has 0 bridgehead atoms. The monoisotopic (exact) mass is 339 g/mol. The van der Waals surface area contributed by atoms with Crippen molar-refractivity contribution in [1.82, 2.24) is 4.90 Å². The smallest absolute Gasteiger partial charge is 0.329 e. The van der Waals surface area contributed by atoms with E-state index < -0.39 is 23.2 Å². The summed E-state index contributed by atoms with van der Waals surface area (Å²) in [4.78, 5) is 25.7. The number of benzene rings is 1. The lowest BCUT2D eigenvalue weighted by molar-refractivity contribution is -0.151. The van der Waals surface area contributed by atoms with Gasteiger partial charge in [0.25, 0.3) is 5.91 Å². The molecule has 0 radical (unpaired) electrons. The number of aliphatic carboxylic acids is 1. The SMILES string of the molecule is COc1cc(F)c(C(=O)N(C)C2(C(=O)O)CCCCC2)cc1OC. The van der Waals surface area contributed by atoms with Crippen LogP contribution in [0.15, 0.2) is 12.1 Å². The quantitative estimate of drug-likeness (QED) is 0.892. The van der Waals surface area contributed by atoms with Gasteiger partial charge in [-0.3, -0.25) is 4.79 Å². The van der Waals surface area contributed by atoms with Crippen LogP contribution in [-0.4, -0.2) is 48.7 Å². The van der Waals surface area contributed by atoms with Gasteiger partial charge in [0.2, 0.25) is 0 Å². The van der Waals surface area contributed by atoms with E-state index in [4.69, 9.17) is 9.47 Å². The molecule has 0 unspecified atom stereocenters. The largest absolute Gasteiger partial charge is 0.493 e. The van der Waals surface area contributed by atoms with Gasteiger partial charge in [0, 0.05) is 13.1 Å². The van der Waals surface area contributed by atoms with Crippen LogP contribution in [0.5, 0.6) is 11.5 Å². The summed E-state index contributed by atoms with van der Waals surface area (Å²) in [5.74, 6) is -2.14. The summed E-state index contributed by atoms with van der Waals surface area (Å²) in [6.45, 7) is 0. The van der Waals surface area contributed by atoms with E-state index in [0.29, 0.717) is 12.8 Å². The van der Waals surface area contributed by atoms with Crippen molar-refractivity contribution in [1.29, 1.82) is 0 Å². The van der Waals surface area contributed by atoms with Gasteiger partial charge in [0.15, 0.2) is 11.5 Å². The van der Waals surface area contributed by atoms with Gasteiger partial charge in [-0.05, 0) is 18.9 Å². The molecular weight excluding hydrogens is 317 g/mol. The lowest BCUT2D eigenvalue weighted by atomic mass is 9.80. The number of likely N-dealkylation sites (N-methyl/N-ethyl adjacent to an activating group) is 1. The van der Waals surface area contributed by atoms with Crippen LogP contribution in [0.4, 0.5) is 4.39 Å². The summed E-state index contributed by atoms with van der Waals surface area (Å²) in [7, 11) is 4.16. The Morgan fingerprint density at radius 1 is 1.12 bits per heavy atom. The Morgan fingerprint density at radius 3 is 2.17 bits per heavy atom. The number of hydrogen-bond donors (Lipinski definition) is 1. The molecule has 0 aliphatic heterocycles. The second-order valence-electron chi connectivity index (χ2n) is 5.95. The molecule has 6 nitrogen and oxygen atoms in total. The molecule has 0 heterocycles. The molecule has 7 heteroatoms. The normalized spacial score (nSPS) is 16.3. The van der Waals surface area contributed by atoms with Gasteiger partial charge in [0.1, 0.15) is 11.4 Å². The Hall–Kier alpha value is -2.31. The number of methoxy groups -OCH3 is 2. The molecule has 0 spiro atoms. The summed E-state index contributed by atoms with van der Waals surface area (Å²) in [6.07, 6.45) is 3.09. The number of hydrogen-bond acceptors (Lipinski definition) is 4. The Kier molecular flexibility index (Phi) is 5.31. The minimum atomic E-state index is -1.30. The molecule has 132 valence electrons. The molecule has 0 aromatic heterocycles. The van der Waals surface area contributed by atoms with Crippen LogP contribution in [-0.2, 0) is 4.79 Å². The maximum Gasteiger partial charge on any atom is 0.329 e. The highest BCUT2D eigenvalue weighted by Gasteiger charge is 2.46. The van der Waals surface area contributed by atoms with E-state index in [2.05, 4.69) is 0 Å². The van der Waals surface area contributed by atoms with Crippen molar-refractivity contribution in [3.63, 3.8) is 0 Å². The third kappa shape index (κ3) is 3.02. The van der Waals surface area contributed by atoms with Gasteiger partial charge in [-0.2, -0.15) is 0 Å². The molecule has 1 amide bonds. The molecule has 24 heavy (non-hydrogen) atoms. The number of carboxylic acids is 1. The summed E-state index contributed by atoms with van der Waals surface area (Å²) in [5.41, 5.74) is -1.53. The first kappa shape index (κ1) is 18.0. The zero-order valence-electron chi connectivity index (χ0n) is 14.1. The van der Waals surface area contributed by atoms with Gasteiger partial charge in [-0.15, -0.1) is 0 Å². The Bertz CT molecular complexity index is 640. The predicted molar refractivity (Wildman–Crippen MR) is 85.0 cm³/mol. The van der Waals surface area contributed by atoms with Gasteiger partial charge in [-0.25, -0.2) is 9.18 Å². The first-order valence-corrected chi connectivity index (χ1v) is 7.80. The van der Waals surface area contributed by atoms with E-state index in [1.165, 1.54) is 27.3 Å². The summed E-state index contributed by atoms with van der Waals surface area (Å²) < 4.78 is 24.4. The van der Waals surface area contributed by atoms with Crippen molar-refractivity contribution in [3.8, 4) is 11.5 Å². The first-order valence-electron chi connectivity index (χ1n) is 7.80. The fourth-order valence-electron chi connectivity index (χ4n) is 3.22. The number of ether oxygens (including phenoxy) is 2. The highest BCUT2D eigenvalue weighted by atomic mass is 19.1. The number of amides is 1. The van der Waals surface area contributed by atoms with Crippen molar-refractivity contribution < 1.29 is 28.6 Å². The zero-order valence-corrected chi connectivity index (χ0v) is 14.1. The number of rotatable bonds is 5. The topological polar surface area (TPSA) is 76.1 Å². The highest BCUT2D eigenvalue weighted by molar-refractivity contribution is 5.98. The average molecular weight is 339 g/mol. The summed E-state index contributed by atoms with van der Waals surface area (Å²) in [5, 5.41) is 9.67. The molecule has 0 saturated heterocycles. The lowest BCUT2D eigenvalue weighted by Crippen LogP contribution is -2.56. The maximum absolute atomic E-state index is 14.3. The Balaban J connectivity index is 2.41. The molecule has 1 saturated carbocycles. The number of carboxylic acid groups (broad SMARTS) is 1. The van der Waals surface area contributed by atoms with Crippen molar-refractivity contribution in [3.05, 3.63) is 23.5 Å². The standard InChI is InChI=1S/C17H22FNO5/c1-19(17(16(21)22)7-5-4-6-8-17)15(20)11-9-13(23-2)14(24-3)10-12(11)18/h9-10H,4-8H2,1-3H3,(H,21,22). The number of carbonyl (C=O) groups is 2. The van der Waals surface area contributed by atoms with Crippen molar-refractivity contribution in [2.75, 3.05) is 21.3 Å². The number of halogens is 1. The Morgan fingerprint density at radius 2 is 1.67 bits per heavy atom. The molecule has 1 N–H and O–H groups in total. The number of nitrogens with zero attached hydrogens (tertiary/aromatic N) is 1. The van der Waals surface area contributed by atoms with E-state index in [1.807, 2.05) is 0 Å². The molecule has 1 aromatic rings. The molecular formula is C17H22FNO5. The van der Waals surface area contributed by atoms with E-state index in [9.17, 15) is 19.1 Å². The van der Waals surface area contributed by atoms with Gasteiger partial charge in [0.05, 0.1) is 19.8 Å². The fraction of sp³-hybridized carbons (Fsp3) is 0.529. The van der Waals surface area contributed by atoms with Gasteiger partial charge < -0.3 is 19.5 Å². The van der Waals surface area contributed by atoms with Gasteiger partial charge >= 0.3 is 5.97 Å². The van der Waals surface area contributed by atoms with Crippen LogP contribution < -0.4 is 9.47 Å². The fourth-order valence-corrected chi connectivity index (χ4v) is 3.22. The van der Waals surface area contributed by atoms with E-state index in [0.717, 1.165) is 30.2 Å². The molecule has 1 aromatic carbocycles. The lowest BCUT2D eigenvalue weighted by Gasteiger charge is -2.41.